The standard InChI is InChI=1S/C58H39NO/c1-3-17-45-40(14-1)36-53(50-22-9-7-19-47(45)50)39-30-34-43(35-31-39)59(55-25-13-27-57-58(55)52-24-11-12-26-56(52)60-57)42-32-28-38(29-33-42)44-16-5-6-21-49(44)54-37-41-15-2-4-18-46(41)48-20-8-10-23-51(48)54/h1-8,10-21,23-37H,9,22H2. The highest BCUT2D eigenvalue weighted by Crippen LogP contribution is 2.45. The lowest BCUT2D eigenvalue weighted by molar-refractivity contribution is 0.669. The SMILES string of the molecule is C1=Cc2c(c(-c3ccc(N(c4ccc(-c5ccccc5-c5cc6ccccc6c6ccccc56)cc4)c4cccc5oc6ccccc6c45)cc3)cc3ccccc23)CC1. The molecule has 1 aromatic heterocycles. The van der Waals surface area contributed by atoms with Gasteiger partial charge in [0.15, 0.2) is 0 Å². The number of benzene rings is 10. The van der Waals surface area contributed by atoms with Crippen LogP contribution in [0.25, 0.3) is 93.7 Å². The van der Waals surface area contributed by atoms with Crippen molar-refractivity contribution in [3.63, 3.8) is 0 Å². The van der Waals surface area contributed by atoms with E-state index in [1.807, 2.05) is 6.07 Å². The Morgan fingerprint density at radius 1 is 0.400 bits per heavy atom. The van der Waals surface area contributed by atoms with Gasteiger partial charge in [-0.3, -0.25) is 0 Å². The number of anilines is 3. The molecule has 2 heteroatoms. The summed E-state index contributed by atoms with van der Waals surface area (Å²) < 4.78 is 6.44. The highest BCUT2D eigenvalue weighted by atomic mass is 16.3. The van der Waals surface area contributed by atoms with Gasteiger partial charge < -0.3 is 9.32 Å². The van der Waals surface area contributed by atoms with E-state index < -0.39 is 0 Å². The third kappa shape index (κ3) is 5.56. The summed E-state index contributed by atoms with van der Waals surface area (Å²) in [5.41, 5.74) is 15.2. The highest BCUT2D eigenvalue weighted by molar-refractivity contribution is 6.15. The molecular formula is C58H39NO. The van der Waals surface area contributed by atoms with Gasteiger partial charge in [0.25, 0.3) is 0 Å². The number of para-hydroxylation sites is 1. The predicted molar refractivity (Wildman–Crippen MR) is 255 cm³/mol. The topological polar surface area (TPSA) is 16.4 Å². The predicted octanol–water partition coefficient (Wildman–Crippen LogP) is 16.5. The summed E-state index contributed by atoms with van der Waals surface area (Å²) in [4.78, 5) is 2.39. The maximum atomic E-state index is 6.44. The molecule has 10 aromatic carbocycles. The van der Waals surface area contributed by atoms with Crippen molar-refractivity contribution in [1.82, 2.24) is 0 Å². The Balaban J connectivity index is 1.00. The molecular weight excluding hydrogens is 727 g/mol. The number of fused-ring (bicyclic) bond motifs is 9. The molecule has 0 bridgehead atoms. The maximum Gasteiger partial charge on any atom is 0.137 e. The second kappa shape index (κ2) is 14.0. The third-order valence-electron chi connectivity index (χ3n) is 12.5. The second-order valence-corrected chi connectivity index (χ2v) is 15.9. The van der Waals surface area contributed by atoms with Gasteiger partial charge in [0.2, 0.25) is 0 Å². The fourth-order valence-corrected chi connectivity index (χ4v) is 9.76. The first-order valence-corrected chi connectivity index (χ1v) is 20.9. The summed E-state index contributed by atoms with van der Waals surface area (Å²) in [6, 6.07) is 72.9. The molecule has 2 nitrogen and oxygen atoms in total. The molecule has 0 spiro atoms. The van der Waals surface area contributed by atoms with Crippen molar-refractivity contribution in [2.24, 2.45) is 0 Å². The van der Waals surface area contributed by atoms with Crippen LogP contribution in [0.4, 0.5) is 17.1 Å². The molecule has 0 saturated carbocycles. The number of allylic oxidation sites excluding steroid dienone is 1. The molecule has 0 atom stereocenters. The van der Waals surface area contributed by atoms with Crippen LogP contribution in [0, 0.1) is 0 Å². The molecule has 0 radical (unpaired) electrons. The second-order valence-electron chi connectivity index (χ2n) is 15.9. The molecule has 0 saturated heterocycles. The van der Waals surface area contributed by atoms with Crippen molar-refractivity contribution in [2.45, 2.75) is 12.8 Å². The Labute approximate surface area is 348 Å². The van der Waals surface area contributed by atoms with Crippen LogP contribution in [-0.4, -0.2) is 0 Å². The first-order chi connectivity index (χ1) is 29.8. The molecule has 282 valence electrons. The van der Waals surface area contributed by atoms with Gasteiger partial charge in [-0.2, -0.15) is 0 Å². The summed E-state index contributed by atoms with van der Waals surface area (Å²) >= 11 is 0. The van der Waals surface area contributed by atoms with Crippen LogP contribution in [0.2, 0.25) is 0 Å². The highest BCUT2D eigenvalue weighted by Gasteiger charge is 2.21. The van der Waals surface area contributed by atoms with E-state index in [2.05, 4.69) is 211 Å². The summed E-state index contributed by atoms with van der Waals surface area (Å²) in [7, 11) is 0. The lowest BCUT2D eigenvalue weighted by atomic mass is 9.85. The van der Waals surface area contributed by atoms with Gasteiger partial charge in [-0.15, -0.1) is 0 Å². The van der Waals surface area contributed by atoms with Crippen molar-refractivity contribution >= 4 is 77.4 Å². The van der Waals surface area contributed by atoms with Gasteiger partial charge in [-0.25, -0.2) is 0 Å². The van der Waals surface area contributed by atoms with E-state index in [1.54, 1.807) is 0 Å². The molecule has 0 amide bonds. The number of furan rings is 1. The van der Waals surface area contributed by atoms with Crippen LogP contribution in [0.1, 0.15) is 17.5 Å². The Morgan fingerprint density at radius 3 is 1.73 bits per heavy atom. The zero-order valence-corrected chi connectivity index (χ0v) is 33.0. The smallest absolute Gasteiger partial charge is 0.137 e. The lowest BCUT2D eigenvalue weighted by Gasteiger charge is -2.27. The molecule has 0 aliphatic heterocycles. The Hall–Kier alpha value is -7.68. The number of rotatable bonds is 6. The van der Waals surface area contributed by atoms with E-state index in [4.69, 9.17) is 4.42 Å². The maximum absolute atomic E-state index is 6.44. The number of hydrogen-bond acceptors (Lipinski definition) is 2. The Morgan fingerprint density at radius 2 is 0.967 bits per heavy atom. The van der Waals surface area contributed by atoms with Gasteiger partial charge in [-0.1, -0.05) is 158 Å². The molecule has 0 unspecified atom stereocenters. The minimum atomic E-state index is 0.874. The zero-order chi connectivity index (χ0) is 39.6. The van der Waals surface area contributed by atoms with Crippen molar-refractivity contribution in [1.29, 1.82) is 0 Å². The van der Waals surface area contributed by atoms with Crippen molar-refractivity contribution in [3.05, 3.63) is 217 Å². The third-order valence-corrected chi connectivity index (χ3v) is 12.5. The van der Waals surface area contributed by atoms with E-state index in [9.17, 15) is 0 Å². The quantitative estimate of drug-likeness (QED) is 0.157. The Bertz CT molecular complexity index is 3480. The van der Waals surface area contributed by atoms with E-state index in [0.717, 1.165) is 51.8 Å². The van der Waals surface area contributed by atoms with Gasteiger partial charge in [0.05, 0.1) is 11.1 Å². The van der Waals surface area contributed by atoms with Gasteiger partial charge in [0.1, 0.15) is 11.2 Å². The minimum Gasteiger partial charge on any atom is -0.456 e. The van der Waals surface area contributed by atoms with E-state index >= 15 is 0 Å². The van der Waals surface area contributed by atoms with E-state index in [0.29, 0.717) is 0 Å². The average Bonchev–Trinajstić information content (AvgIpc) is 3.71. The zero-order valence-electron chi connectivity index (χ0n) is 33.0. The van der Waals surface area contributed by atoms with Gasteiger partial charge >= 0.3 is 0 Å². The van der Waals surface area contributed by atoms with Crippen LogP contribution in [0.15, 0.2) is 211 Å². The van der Waals surface area contributed by atoms with Gasteiger partial charge in [-0.05, 0) is 144 Å². The Kier molecular flexibility index (Phi) is 8.02. The summed E-state index contributed by atoms with van der Waals surface area (Å²) in [5, 5.41) is 9.87. The van der Waals surface area contributed by atoms with Crippen molar-refractivity contribution < 1.29 is 4.42 Å². The number of nitrogens with zero attached hydrogens (tertiary/aromatic N) is 1. The van der Waals surface area contributed by atoms with Crippen LogP contribution in [0.5, 0.6) is 0 Å². The minimum absolute atomic E-state index is 0.874. The molecule has 1 aliphatic carbocycles. The first kappa shape index (κ1) is 34.4. The summed E-state index contributed by atoms with van der Waals surface area (Å²) in [6.45, 7) is 0. The van der Waals surface area contributed by atoms with Crippen LogP contribution >= 0.6 is 0 Å². The van der Waals surface area contributed by atoms with Crippen molar-refractivity contribution in [3.8, 4) is 33.4 Å². The fourth-order valence-electron chi connectivity index (χ4n) is 9.76. The normalized spacial score (nSPS) is 12.5. The molecule has 60 heavy (non-hydrogen) atoms. The molecule has 0 fully saturated rings. The molecule has 11 aromatic rings. The first-order valence-electron chi connectivity index (χ1n) is 20.9. The molecule has 12 rings (SSSR count). The lowest BCUT2D eigenvalue weighted by Crippen LogP contribution is -2.10. The monoisotopic (exact) mass is 765 g/mol. The molecule has 0 N–H and O–H groups in total. The fraction of sp³-hybridized carbons (Fsp3) is 0.0345. The largest absolute Gasteiger partial charge is 0.456 e. The summed E-state index contributed by atoms with van der Waals surface area (Å²) in [6.07, 6.45) is 6.74. The molecule has 1 aliphatic rings. The molecule has 1 heterocycles. The van der Waals surface area contributed by atoms with Crippen LogP contribution in [0.3, 0.4) is 0 Å². The average molecular weight is 766 g/mol. The van der Waals surface area contributed by atoms with Crippen LogP contribution in [-0.2, 0) is 6.42 Å². The van der Waals surface area contributed by atoms with Crippen LogP contribution < -0.4 is 4.90 Å². The number of hydrogen-bond donors (Lipinski definition) is 0. The van der Waals surface area contributed by atoms with Gasteiger partial charge in [0, 0.05) is 16.8 Å². The van der Waals surface area contributed by atoms with E-state index in [-0.39, 0.29) is 0 Å². The summed E-state index contributed by atoms with van der Waals surface area (Å²) in [5.74, 6) is 0. The van der Waals surface area contributed by atoms with Crippen molar-refractivity contribution in [2.75, 3.05) is 4.90 Å². The van der Waals surface area contributed by atoms with E-state index in [1.165, 1.54) is 76.8 Å².